The van der Waals surface area contributed by atoms with Gasteiger partial charge >= 0.3 is 0 Å². The van der Waals surface area contributed by atoms with Crippen molar-refractivity contribution in [1.29, 1.82) is 5.26 Å². The molecule has 0 heterocycles. The Hall–Kier alpha value is -2.05. The molecule has 0 saturated heterocycles. The average molecular weight is 282 g/mol. The number of benzene rings is 2. The molecule has 21 heavy (non-hydrogen) atoms. The molecule has 0 aromatic heterocycles. The van der Waals surface area contributed by atoms with Crippen LogP contribution in [0.1, 0.15) is 38.3 Å². The molecule has 3 nitrogen and oxygen atoms in total. The van der Waals surface area contributed by atoms with Gasteiger partial charge in [0.25, 0.3) is 0 Å². The first-order valence-corrected chi connectivity index (χ1v) is 7.52. The van der Waals surface area contributed by atoms with Crippen LogP contribution in [0.15, 0.2) is 36.4 Å². The second-order valence-electron chi connectivity index (χ2n) is 5.09. The Morgan fingerprint density at radius 2 is 2.05 bits per heavy atom. The number of ether oxygens (including phenoxy) is 1. The van der Waals surface area contributed by atoms with Crippen LogP contribution in [-0.4, -0.2) is 13.2 Å². The fourth-order valence-electron chi connectivity index (χ4n) is 2.50. The Kier molecular flexibility index (Phi) is 5.59. The molecule has 0 saturated carbocycles. The van der Waals surface area contributed by atoms with Crippen LogP contribution in [0.25, 0.3) is 10.8 Å². The van der Waals surface area contributed by atoms with Crippen molar-refractivity contribution < 1.29 is 4.74 Å². The van der Waals surface area contributed by atoms with E-state index in [9.17, 15) is 0 Å². The standard InChI is InChI=1S/C18H22N2O/c1-3-20-14(2)16-11-10-15-8-4-5-9-17(15)18(16)21-13-7-6-12-19/h4-5,8-11,14,20H,3,6-7,13H2,1-2H3. The maximum atomic E-state index is 8.63. The van der Waals surface area contributed by atoms with Gasteiger partial charge in [0.2, 0.25) is 0 Å². The van der Waals surface area contributed by atoms with Gasteiger partial charge < -0.3 is 10.1 Å². The molecule has 0 aliphatic rings. The lowest BCUT2D eigenvalue weighted by Gasteiger charge is -2.19. The van der Waals surface area contributed by atoms with E-state index in [1.165, 1.54) is 10.9 Å². The zero-order chi connectivity index (χ0) is 15.1. The quantitative estimate of drug-likeness (QED) is 0.774. The highest BCUT2D eigenvalue weighted by atomic mass is 16.5. The summed E-state index contributed by atoms with van der Waals surface area (Å²) in [4.78, 5) is 0. The molecular weight excluding hydrogens is 260 g/mol. The van der Waals surface area contributed by atoms with Crippen LogP contribution in [-0.2, 0) is 0 Å². The maximum Gasteiger partial charge on any atom is 0.131 e. The fraction of sp³-hybridized carbons (Fsp3) is 0.389. The first-order valence-electron chi connectivity index (χ1n) is 7.52. The molecule has 2 rings (SSSR count). The van der Waals surface area contributed by atoms with Gasteiger partial charge in [0.1, 0.15) is 5.75 Å². The Bertz CT molecular complexity index is 631. The van der Waals surface area contributed by atoms with E-state index in [1.54, 1.807) is 0 Å². The van der Waals surface area contributed by atoms with Crippen LogP contribution in [0, 0.1) is 11.3 Å². The molecule has 1 unspecified atom stereocenters. The number of unbranched alkanes of at least 4 members (excludes halogenated alkanes) is 1. The molecule has 1 N–H and O–H groups in total. The van der Waals surface area contributed by atoms with Gasteiger partial charge in [0, 0.05) is 23.4 Å². The topological polar surface area (TPSA) is 45.0 Å². The number of rotatable bonds is 7. The van der Waals surface area contributed by atoms with Crippen molar-refractivity contribution in [1.82, 2.24) is 5.32 Å². The summed E-state index contributed by atoms with van der Waals surface area (Å²) >= 11 is 0. The molecule has 2 aromatic carbocycles. The highest BCUT2D eigenvalue weighted by molar-refractivity contribution is 5.89. The summed E-state index contributed by atoms with van der Waals surface area (Å²) in [6, 6.07) is 14.9. The minimum Gasteiger partial charge on any atom is -0.493 e. The SMILES string of the molecule is CCNC(C)c1ccc2ccccc2c1OCCCC#N. The molecule has 1 atom stereocenters. The number of nitrogens with zero attached hydrogens (tertiary/aromatic N) is 1. The third-order valence-corrected chi connectivity index (χ3v) is 3.57. The van der Waals surface area contributed by atoms with E-state index in [4.69, 9.17) is 10.00 Å². The number of fused-ring (bicyclic) bond motifs is 1. The molecule has 0 aliphatic carbocycles. The van der Waals surface area contributed by atoms with Crippen molar-refractivity contribution >= 4 is 10.8 Å². The summed E-state index contributed by atoms with van der Waals surface area (Å²) in [6.07, 6.45) is 1.29. The molecule has 2 aromatic rings. The fourth-order valence-corrected chi connectivity index (χ4v) is 2.50. The van der Waals surface area contributed by atoms with E-state index in [1.807, 2.05) is 12.1 Å². The Balaban J connectivity index is 2.35. The zero-order valence-electron chi connectivity index (χ0n) is 12.7. The van der Waals surface area contributed by atoms with E-state index in [-0.39, 0.29) is 6.04 Å². The van der Waals surface area contributed by atoms with Crippen LogP contribution < -0.4 is 10.1 Å². The van der Waals surface area contributed by atoms with Gasteiger partial charge in [-0.1, -0.05) is 43.3 Å². The molecule has 3 heteroatoms. The second kappa shape index (κ2) is 7.66. The van der Waals surface area contributed by atoms with Crippen molar-refractivity contribution in [3.63, 3.8) is 0 Å². The number of nitrogens with one attached hydrogen (secondary N) is 1. The summed E-state index contributed by atoms with van der Waals surface area (Å²) in [5, 5.41) is 14.4. The Labute approximate surface area is 126 Å². The van der Waals surface area contributed by atoms with Gasteiger partial charge in [-0.15, -0.1) is 0 Å². The molecular formula is C18H22N2O. The predicted octanol–water partition coefficient (Wildman–Crippen LogP) is 4.19. The summed E-state index contributed by atoms with van der Waals surface area (Å²) < 4.78 is 6.03. The van der Waals surface area contributed by atoms with E-state index in [0.29, 0.717) is 13.0 Å². The van der Waals surface area contributed by atoms with E-state index in [2.05, 4.69) is 49.5 Å². The normalized spacial score (nSPS) is 12.0. The van der Waals surface area contributed by atoms with Crippen molar-refractivity contribution in [3.8, 4) is 11.8 Å². The molecule has 0 bridgehead atoms. The third kappa shape index (κ3) is 3.74. The third-order valence-electron chi connectivity index (χ3n) is 3.57. The summed E-state index contributed by atoms with van der Waals surface area (Å²) in [6.45, 7) is 5.75. The maximum absolute atomic E-state index is 8.63. The van der Waals surface area contributed by atoms with Gasteiger partial charge in [-0.2, -0.15) is 5.26 Å². The average Bonchev–Trinajstić information content (AvgIpc) is 2.51. The zero-order valence-corrected chi connectivity index (χ0v) is 12.7. The number of hydrogen-bond donors (Lipinski definition) is 1. The van der Waals surface area contributed by atoms with Gasteiger partial charge in [0.15, 0.2) is 0 Å². The van der Waals surface area contributed by atoms with E-state index >= 15 is 0 Å². The van der Waals surface area contributed by atoms with Crippen molar-refractivity contribution in [2.24, 2.45) is 0 Å². The lowest BCUT2D eigenvalue weighted by Crippen LogP contribution is -2.18. The van der Waals surface area contributed by atoms with Crippen molar-refractivity contribution in [2.45, 2.75) is 32.7 Å². The van der Waals surface area contributed by atoms with Crippen molar-refractivity contribution in [2.75, 3.05) is 13.2 Å². The van der Waals surface area contributed by atoms with Crippen LogP contribution in [0.2, 0.25) is 0 Å². The highest BCUT2D eigenvalue weighted by Crippen LogP contribution is 2.33. The van der Waals surface area contributed by atoms with Crippen LogP contribution >= 0.6 is 0 Å². The van der Waals surface area contributed by atoms with Gasteiger partial charge in [-0.05, 0) is 25.3 Å². The summed E-state index contributed by atoms with van der Waals surface area (Å²) in [5.74, 6) is 0.944. The first kappa shape index (κ1) is 15.3. The van der Waals surface area contributed by atoms with Gasteiger partial charge in [0.05, 0.1) is 12.7 Å². The summed E-state index contributed by atoms with van der Waals surface area (Å²) in [7, 11) is 0. The first-order chi connectivity index (χ1) is 10.3. The summed E-state index contributed by atoms with van der Waals surface area (Å²) in [5.41, 5.74) is 1.17. The smallest absolute Gasteiger partial charge is 0.131 e. The highest BCUT2D eigenvalue weighted by Gasteiger charge is 2.14. The molecule has 0 spiro atoms. The second-order valence-corrected chi connectivity index (χ2v) is 5.09. The lowest BCUT2D eigenvalue weighted by atomic mass is 10.0. The van der Waals surface area contributed by atoms with Crippen molar-refractivity contribution in [3.05, 3.63) is 42.0 Å². The minimum atomic E-state index is 0.241. The van der Waals surface area contributed by atoms with Gasteiger partial charge in [-0.25, -0.2) is 0 Å². The minimum absolute atomic E-state index is 0.241. The molecule has 0 amide bonds. The number of nitriles is 1. The predicted molar refractivity (Wildman–Crippen MR) is 86.4 cm³/mol. The van der Waals surface area contributed by atoms with E-state index in [0.717, 1.165) is 24.1 Å². The van der Waals surface area contributed by atoms with E-state index < -0.39 is 0 Å². The van der Waals surface area contributed by atoms with Gasteiger partial charge in [-0.3, -0.25) is 0 Å². The van der Waals surface area contributed by atoms with Crippen LogP contribution in [0.5, 0.6) is 5.75 Å². The monoisotopic (exact) mass is 282 g/mol. The molecule has 0 aliphatic heterocycles. The lowest BCUT2D eigenvalue weighted by molar-refractivity contribution is 0.310. The number of hydrogen-bond acceptors (Lipinski definition) is 3. The molecule has 0 radical (unpaired) electrons. The Morgan fingerprint density at radius 1 is 1.24 bits per heavy atom. The van der Waals surface area contributed by atoms with Crippen LogP contribution in [0.4, 0.5) is 0 Å². The largest absolute Gasteiger partial charge is 0.493 e. The van der Waals surface area contributed by atoms with Crippen LogP contribution in [0.3, 0.4) is 0 Å². The molecule has 110 valence electrons. The molecule has 0 fully saturated rings. The Morgan fingerprint density at radius 3 is 2.81 bits per heavy atom.